The van der Waals surface area contributed by atoms with Crippen LogP contribution in [0.1, 0.15) is 54.6 Å². The number of halogens is 1. The predicted molar refractivity (Wildman–Crippen MR) is 104 cm³/mol. The van der Waals surface area contributed by atoms with Crippen molar-refractivity contribution in [1.82, 2.24) is 4.57 Å². The van der Waals surface area contributed by atoms with E-state index in [9.17, 15) is 18.0 Å². The van der Waals surface area contributed by atoms with Gasteiger partial charge in [0.2, 0.25) is 5.43 Å². The van der Waals surface area contributed by atoms with Crippen molar-refractivity contribution in [2.75, 3.05) is 19.5 Å². The Bertz CT molecular complexity index is 1160. The van der Waals surface area contributed by atoms with E-state index in [2.05, 4.69) is 0 Å². The highest BCUT2D eigenvalue weighted by Crippen LogP contribution is 2.50. The molecule has 2 fully saturated rings. The van der Waals surface area contributed by atoms with Crippen molar-refractivity contribution in [3.05, 3.63) is 45.5 Å². The van der Waals surface area contributed by atoms with Gasteiger partial charge in [0.1, 0.15) is 11.4 Å². The Morgan fingerprint density at radius 3 is 2.55 bits per heavy atom. The van der Waals surface area contributed by atoms with Gasteiger partial charge in [0.15, 0.2) is 0 Å². The molecule has 2 aromatic rings. The molecule has 0 amide bonds. The third-order valence-corrected chi connectivity index (χ3v) is 6.08. The van der Waals surface area contributed by atoms with Crippen LogP contribution < -0.4 is 5.43 Å². The number of rotatable bonds is 7. The molecule has 156 valence electrons. The molecule has 2 saturated carbocycles. The van der Waals surface area contributed by atoms with Gasteiger partial charge in [-0.25, -0.2) is 9.18 Å². The highest BCUT2D eigenvalue weighted by atomic mass is 32.2. The molecule has 2 aliphatic carbocycles. The van der Waals surface area contributed by atoms with E-state index in [0.29, 0.717) is 23.9 Å². The van der Waals surface area contributed by atoms with Gasteiger partial charge in [-0.2, -0.15) is 8.42 Å². The summed E-state index contributed by atoms with van der Waals surface area (Å²) in [6, 6.07) is 2.89. The number of hydrogen-bond acceptors (Lipinski definition) is 6. The minimum absolute atomic E-state index is 0.111. The molecular weight excluding hydrogens is 401 g/mol. The summed E-state index contributed by atoms with van der Waals surface area (Å²) in [6.45, 7) is 1.65. The van der Waals surface area contributed by atoms with E-state index in [-0.39, 0.29) is 30.2 Å². The maximum Gasteiger partial charge on any atom is 0.343 e. The molecule has 0 spiro atoms. The summed E-state index contributed by atoms with van der Waals surface area (Å²) in [7, 11) is -3.65. The third-order valence-electron chi connectivity index (χ3n) is 5.53. The second kappa shape index (κ2) is 6.91. The highest BCUT2D eigenvalue weighted by molar-refractivity contribution is 7.85. The smallest absolute Gasteiger partial charge is 0.343 e. The van der Waals surface area contributed by atoms with E-state index in [4.69, 9.17) is 8.92 Å². The van der Waals surface area contributed by atoms with Crippen molar-refractivity contribution in [3.63, 3.8) is 0 Å². The van der Waals surface area contributed by atoms with Crippen molar-refractivity contribution < 1.29 is 26.5 Å². The monoisotopic (exact) mass is 423 g/mol. The lowest BCUT2D eigenvalue weighted by Crippen LogP contribution is -2.23. The first-order chi connectivity index (χ1) is 13.6. The SMILES string of the molecule is CCOC(=O)c1cn(C2CC2)c2cc(C3(COS(C)(=O)=O)CC3)c(F)cc2c1=O. The minimum Gasteiger partial charge on any atom is -0.462 e. The average molecular weight is 423 g/mol. The lowest BCUT2D eigenvalue weighted by atomic mass is 9.94. The van der Waals surface area contributed by atoms with Crippen molar-refractivity contribution in [1.29, 1.82) is 0 Å². The zero-order chi connectivity index (χ0) is 21.0. The largest absolute Gasteiger partial charge is 0.462 e. The average Bonchev–Trinajstić information content (AvgIpc) is 3.54. The van der Waals surface area contributed by atoms with Crippen LogP contribution in [-0.2, 0) is 24.5 Å². The Hall–Kier alpha value is -2.26. The Kier molecular flexibility index (Phi) is 4.77. The topological polar surface area (TPSA) is 91.7 Å². The number of esters is 1. The molecule has 0 bridgehead atoms. The molecule has 0 saturated heterocycles. The van der Waals surface area contributed by atoms with Crippen LogP contribution in [0.5, 0.6) is 0 Å². The van der Waals surface area contributed by atoms with E-state index in [0.717, 1.165) is 25.2 Å². The maximum atomic E-state index is 15.0. The number of hydrogen-bond donors (Lipinski definition) is 0. The molecular formula is C20H22FNO6S. The molecule has 7 nitrogen and oxygen atoms in total. The Morgan fingerprint density at radius 1 is 1.31 bits per heavy atom. The highest BCUT2D eigenvalue weighted by Gasteiger charge is 2.47. The number of fused-ring (bicyclic) bond motifs is 1. The van der Waals surface area contributed by atoms with Crippen molar-refractivity contribution in [3.8, 4) is 0 Å². The first-order valence-corrected chi connectivity index (χ1v) is 11.4. The molecule has 1 aromatic carbocycles. The van der Waals surface area contributed by atoms with E-state index < -0.39 is 32.7 Å². The predicted octanol–water partition coefficient (Wildman–Crippen LogP) is 2.66. The van der Waals surface area contributed by atoms with Gasteiger partial charge in [0.25, 0.3) is 10.1 Å². The van der Waals surface area contributed by atoms with Crippen LogP contribution in [-0.4, -0.2) is 38.4 Å². The van der Waals surface area contributed by atoms with Gasteiger partial charge in [-0.1, -0.05) is 0 Å². The number of pyridine rings is 1. The fraction of sp³-hybridized carbons (Fsp3) is 0.500. The lowest BCUT2D eigenvalue weighted by molar-refractivity contribution is 0.0524. The van der Waals surface area contributed by atoms with Crippen LogP contribution in [0.15, 0.2) is 23.1 Å². The van der Waals surface area contributed by atoms with Crippen molar-refractivity contribution in [2.24, 2.45) is 0 Å². The summed E-state index contributed by atoms with van der Waals surface area (Å²) < 4.78 is 49.5. The zero-order valence-corrected chi connectivity index (χ0v) is 17.1. The number of ether oxygens (including phenoxy) is 1. The second-order valence-electron chi connectivity index (χ2n) is 7.83. The van der Waals surface area contributed by atoms with Crippen molar-refractivity contribution in [2.45, 2.75) is 44.1 Å². The zero-order valence-electron chi connectivity index (χ0n) is 16.2. The quantitative estimate of drug-likeness (QED) is 0.502. The molecule has 0 radical (unpaired) electrons. The Morgan fingerprint density at radius 2 is 2.00 bits per heavy atom. The molecule has 1 aromatic heterocycles. The van der Waals surface area contributed by atoms with Gasteiger partial charge in [0, 0.05) is 23.0 Å². The summed E-state index contributed by atoms with van der Waals surface area (Å²) in [5, 5.41) is 0.114. The number of aromatic nitrogens is 1. The molecule has 0 unspecified atom stereocenters. The van der Waals surface area contributed by atoms with Gasteiger partial charge >= 0.3 is 5.97 Å². The normalized spacial score (nSPS) is 18.0. The second-order valence-corrected chi connectivity index (χ2v) is 9.47. The van der Waals surface area contributed by atoms with Crippen LogP contribution in [0, 0.1) is 5.82 Å². The van der Waals surface area contributed by atoms with Crippen LogP contribution in [0.3, 0.4) is 0 Å². The van der Waals surface area contributed by atoms with Gasteiger partial charge in [-0.3, -0.25) is 8.98 Å². The standard InChI is InChI=1S/C20H22FNO6S/c1-3-27-19(24)14-10-22(12-4-5-12)17-9-15(16(21)8-13(17)18(14)23)20(6-7-20)11-28-29(2,25)26/h8-10,12H,3-7,11H2,1-2H3. The van der Waals surface area contributed by atoms with E-state index in [1.54, 1.807) is 13.0 Å². The van der Waals surface area contributed by atoms with E-state index >= 15 is 4.39 Å². The fourth-order valence-electron chi connectivity index (χ4n) is 3.65. The molecule has 29 heavy (non-hydrogen) atoms. The number of nitrogens with zero attached hydrogens (tertiary/aromatic N) is 1. The van der Waals surface area contributed by atoms with E-state index in [1.165, 1.54) is 6.20 Å². The number of carbonyl (C=O) groups excluding carboxylic acids is 1. The molecule has 0 aliphatic heterocycles. The third kappa shape index (κ3) is 3.81. The molecule has 0 N–H and O–H groups in total. The van der Waals surface area contributed by atoms with Crippen LogP contribution >= 0.6 is 0 Å². The molecule has 4 rings (SSSR count). The fourth-order valence-corrected chi connectivity index (χ4v) is 4.09. The summed E-state index contributed by atoms with van der Waals surface area (Å²) in [5.74, 6) is -1.33. The first kappa shape index (κ1) is 20.0. The Labute approximate surface area is 167 Å². The molecule has 2 aliphatic rings. The first-order valence-electron chi connectivity index (χ1n) is 9.55. The van der Waals surface area contributed by atoms with Gasteiger partial charge in [-0.05, 0) is 50.3 Å². The van der Waals surface area contributed by atoms with Gasteiger partial charge in [-0.15, -0.1) is 0 Å². The summed E-state index contributed by atoms with van der Waals surface area (Å²) in [4.78, 5) is 25.0. The Balaban J connectivity index is 1.85. The van der Waals surface area contributed by atoms with Gasteiger partial charge < -0.3 is 9.30 Å². The molecule has 9 heteroatoms. The minimum atomic E-state index is -3.65. The summed E-state index contributed by atoms with van der Waals surface area (Å²) in [5.41, 5.74) is -0.525. The van der Waals surface area contributed by atoms with Crippen molar-refractivity contribution >= 4 is 27.0 Å². The van der Waals surface area contributed by atoms with Crippen LogP contribution in [0.4, 0.5) is 4.39 Å². The van der Waals surface area contributed by atoms with Crippen LogP contribution in [0.25, 0.3) is 10.9 Å². The number of benzene rings is 1. The summed E-state index contributed by atoms with van der Waals surface area (Å²) in [6.07, 6.45) is 5.44. The van der Waals surface area contributed by atoms with Crippen LogP contribution in [0.2, 0.25) is 0 Å². The lowest BCUT2D eigenvalue weighted by Gasteiger charge is -2.19. The summed E-state index contributed by atoms with van der Waals surface area (Å²) >= 11 is 0. The van der Waals surface area contributed by atoms with Gasteiger partial charge in [0.05, 0.1) is 25.0 Å². The van der Waals surface area contributed by atoms with E-state index in [1.807, 2.05) is 4.57 Å². The molecule has 1 heterocycles. The number of carbonyl (C=O) groups is 1. The molecule has 0 atom stereocenters. The maximum absolute atomic E-state index is 15.0.